The van der Waals surface area contributed by atoms with Crippen molar-refractivity contribution in [3.63, 3.8) is 0 Å². The fraction of sp³-hybridized carbons (Fsp3) is 0.452. The van der Waals surface area contributed by atoms with Crippen molar-refractivity contribution in [1.29, 1.82) is 0 Å². The van der Waals surface area contributed by atoms with Crippen LogP contribution in [0.3, 0.4) is 0 Å². The van der Waals surface area contributed by atoms with Crippen molar-refractivity contribution < 1.29 is 33.3 Å². The van der Waals surface area contributed by atoms with E-state index in [1.807, 2.05) is 50.2 Å². The number of ether oxygens (including phenoxy) is 5. The van der Waals surface area contributed by atoms with E-state index >= 15 is 0 Å². The molecule has 2 aliphatic rings. The van der Waals surface area contributed by atoms with Gasteiger partial charge in [0.2, 0.25) is 0 Å². The minimum Gasteiger partial charge on any atom is -0.493 e. The van der Waals surface area contributed by atoms with Crippen LogP contribution >= 0.6 is 0 Å². The van der Waals surface area contributed by atoms with E-state index in [9.17, 15) is 9.59 Å². The first-order chi connectivity index (χ1) is 18.9. The number of benzene rings is 2. The lowest BCUT2D eigenvalue weighted by Crippen LogP contribution is -2.41. The monoisotopic (exact) mass is 535 g/mol. The second-order valence-corrected chi connectivity index (χ2v) is 9.72. The maximum Gasteiger partial charge on any atom is 0.336 e. The largest absolute Gasteiger partial charge is 0.493 e. The van der Waals surface area contributed by atoms with Gasteiger partial charge in [-0.1, -0.05) is 19.1 Å². The third-order valence-electron chi connectivity index (χ3n) is 7.34. The Balaban J connectivity index is 1.77. The van der Waals surface area contributed by atoms with E-state index in [-0.39, 0.29) is 18.3 Å². The number of rotatable bonds is 10. The van der Waals surface area contributed by atoms with Gasteiger partial charge >= 0.3 is 5.97 Å². The number of aliphatic imine (C=N–C) groups is 1. The van der Waals surface area contributed by atoms with Crippen LogP contribution in [0.2, 0.25) is 0 Å². The number of carbonyl (C=O) groups excluding carboxylic acids is 2. The van der Waals surface area contributed by atoms with Crippen molar-refractivity contribution in [3.8, 4) is 23.0 Å². The summed E-state index contributed by atoms with van der Waals surface area (Å²) in [6.45, 7) is 6.40. The third-order valence-corrected chi connectivity index (χ3v) is 7.34. The fourth-order valence-electron chi connectivity index (χ4n) is 5.56. The molecule has 2 aromatic rings. The highest BCUT2D eigenvalue weighted by atomic mass is 16.5. The van der Waals surface area contributed by atoms with Gasteiger partial charge in [-0.25, -0.2) is 4.79 Å². The predicted molar refractivity (Wildman–Crippen MR) is 148 cm³/mol. The minimum atomic E-state index is -0.573. The van der Waals surface area contributed by atoms with Crippen LogP contribution in [0, 0.1) is 5.92 Å². The Morgan fingerprint density at radius 3 is 2.18 bits per heavy atom. The van der Waals surface area contributed by atoms with Gasteiger partial charge in [-0.3, -0.25) is 9.79 Å². The summed E-state index contributed by atoms with van der Waals surface area (Å²) in [6, 6.07) is 11.3. The Bertz CT molecular complexity index is 1300. The molecule has 1 aliphatic carbocycles. The van der Waals surface area contributed by atoms with Crippen LogP contribution in [-0.4, -0.2) is 52.0 Å². The molecule has 0 aromatic heterocycles. The highest BCUT2D eigenvalue weighted by molar-refractivity contribution is 6.12. The second-order valence-electron chi connectivity index (χ2n) is 9.72. The number of nitrogens with zero attached hydrogens (tertiary/aromatic N) is 1. The van der Waals surface area contributed by atoms with Gasteiger partial charge < -0.3 is 23.7 Å². The zero-order valence-electron chi connectivity index (χ0n) is 23.5. The van der Waals surface area contributed by atoms with E-state index in [1.54, 1.807) is 28.3 Å². The maximum absolute atomic E-state index is 13.9. The zero-order chi connectivity index (χ0) is 28.1. The average molecular weight is 536 g/mol. The van der Waals surface area contributed by atoms with E-state index < -0.39 is 17.8 Å². The molecule has 0 N–H and O–H groups in total. The summed E-state index contributed by atoms with van der Waals surface area (Å²) in [7, 11) is 4.77. The molecular formula is C31H37NO7. The molecule has 3 atom stereocenters. The van der Waals surface area contributed by atoms with Gasteiger partial charge in [0.05, 0.1) is 46.0 Å². The Kier molecular flexibility index (Phi) is 8.94. The molecule has 1 unspecified atom stereocenters. The zero-order valence-corrected chi connectivity index (χ0v) is 23.5. The third kappa shape index (κ3) is 5.65. The average Bonchev–Trinajstić information content (AvgIpc) is 2.94. The molecule has 1 aliphatic heterocycles. The molecule has 4 rings (SSSR count). The Hall–Kier alpha value is -3.81. The van der Waals surface area contributed by atoms with Crippen LogP contribution in [0.15, 0.2) is 52.7 Å². The summed E-state index contributed by atoms with van der Waals surface area (Å²) in [6.07, 6.45) is 1.77. The number of methoxy groups -OCH3 is 3. The topological polar surface area (TPSA) is 92.7 Å². The number of hydrogen-bond donors (Lipinski definition) is 0. The molecule has 8 heteroatoms. The van der Waals surface area contributed by atoms with Gasteiger partial charge in [-0.2, -0.15) is 0 Å². The summed E-state index contributed by atoms with van der Waals surface area (Å²) < 4.78 is 27.8. The van der Waals surface area contributed by atoms with E-state index in [0.29, 0.717) is 53.7 Å². The molecule has 0 saturated heterocycles. The molecule has 1 fully saturated rings. The molecular weight excluding hydrogens is 498 g/mol. The molecule has 208 valence electrons. The van der Waals surface area contributed by atoms with Crippen molar-refractivity contribution in [2.45, 2.75) is 51.9 Å². The lowest BCUT2D eigenvalue weighted by Gasteiger charge is -2.38. The number of esters is 1. The van der Waals surface area contributed by atoms with Crippen LogP contribution < -0.4 is 18.9 Å². The van der Waals surface area contributed by atoms with Gasteiger partial charge in [-0.05, 0) is 68.0 Å². The smallest absolute Gasteiger partial charge is 0.336 e. The predicted octanol–water partition coefficient (Wildman–Crippen LogP) is 5.64. The molecule has 0 bridgehead atoms. The molecule has 8 nitrogen and oxygen atoms in total. The molecule has 0 spiro atoms. The van der Waals surface area contributed by atoms with Gasteiger partial charge in [0.15, 0.2) is 23.0 Å². The molecule has 1 heterocycles. The first kappa shape index (κ1) is 28.2. The molecule has 39 heavy (non-hydrogen) atoms. The SMILES string of the molecule is CCCOc1ccc([C@H]2C(C(=O)OCC)=C(C)N=C3C[C@@H](c4ccc(OC)c(OC)c4)CC(=O)C32)cc1OC. The highest BCUT2D eigenvalue weighted by Gasteiger charge is 2.46. The number of hydrogen-bond acceptors (Lipinski definition) is 8. The normalized spacial score (nSPS) is 20.6. The van der Waals surface area contributed by atoms with Crippen molar-refractivity contribution in [3.05, 3.63) is 58.8 Å². The van der Waals surface area contributed by atoms with Crippen LogP contribution in [0.5, 0.6) is 23.0 Å². The first-order valence-electron chi connectivity index (χ1n) is 13.4. The van der Waals surface area contributed by atoms with Crippen molar-refractivity contribution in [1.82, 2.24) is 0 Å². The summed E-state index contributed by atoms with van der Waals surface area (Å²) in [5.41, 5.74) is 3.51. The number of allylic oxidation sites excluding steroid dienone is 1. The number of ketones is 1. The summed E-state index contributed by atoms with van der Waals surface area (Å²) in [4.78, 5) is 31.9. The summed E-state index contributed by atoms with van der Waals surface area (Å²) in [5, 5.41) is 0. The molecule has 0 amide bonds. The molecule has 1 saturated carbocycles. The minimum absolute atomic E-state index is 0.0318. The van der Waals surface area contributed by atoms with Crippen LogP contribution in [0.4, 0.5) is 0 Å². The number of Topliss-reactive ketones (excluding diaryl/α,β-unsaturated/α-hetero) is 1. The Labute approximate surface area is 230 Å². The summed E-state index contributed by atoms with van der Waals surface area (Å²) in [5.74, 6) is 0.824. The van der Waals surface area contributed by atoms with E-state index in [2.05, 4.69) is 0 Å². The summed E-state index contributed by atoms with van der Waals surface area (Å²) >= 11 is 0. The van der Waals surface area contributed by atoms with E-state index in [1.165, 1.54) is 0 Å². The second kappa shape index (κ2) is 12.4. The standard InChI is InChI=1S/C31H37NO7/c1-7-13-39-25-12-10-20(17-27(25)37-6)29-28(31(34)38-8-2)18(3)32-22-14-21(15-23(33)30(22)29)19-9-11-24(35-4)26(16-19)36-5/h9-12,16-17,21,29-30H,7-8,13-15H2,1-6H3/t21-,29+,30?/m1/s1. The highest BCUT2D eigenvalue weighted by Crippen LogP contribution is 2.48. The number of carbonyl (C=O) groups is 2. The number of fused-ring (bicyclic) bond motifs is 1. The Morgan fingerprint density at radius 2 is 1.51 bits per heavy atom. The van der Waals surface area contributed by atoms with Crippen molar-refractivity contribution in [2.24, 2.45) is 10.9 Å². The van der Waals surface area contributed by atoms with Crippen molar-refractivity contribution >= 4 is 17.5 Å². The quantitative estimate of drug-likeness (QED) is 0.364. The van der Waals surface area contributed by atoms with Gasteiger partial charge in [0, 0.05) is 23.7 Å². The lowest BCUT2D eigenvalue weighted by molar-refractivity contribution is -0.139. The van der Waals surface area contributed by atoms with E-state index in [0.717, 1.165) is 23.3 Å². The van der Waals surface area contributed by atoms with Crippen LogP contribution in [0.25, 0.3) is 0 Å². The molecule has 0 radical (unpaired) electrons. The fourth-order valence-corrected chi connectivity index (χ4v) is 5.56. The van der Waals surface area contributed by atoms with Crippen LogP contribution in [-0.2, 0) is 14.3 Å². The van der Waals surface area contributed by atoms with Crippen molar-refractivity contribution in [2.75, 3.05) is 34.5 Å². The Morgan fingerprint density at radius 1 is 0.872 bits per heavy atom. The van der Waals surface area contributed by atoms with Crippen LogP contribution in [0.1, 0.15) is 63.0 Å². The van der Waals surface area contributed by atoms with E-state index in [4.69, 9.17) is 28.7 Å². The maximum atomic E-state index is 13.9. The lowest BCUT2D eigenvalue weighted by atomic mass is 9.66. The molecule has 2 aromatic carbocycles. The van der Waals surface area contributed by atoms with Gasteiger partial charge in [0.1, 0.15) is 5.78 Å². The van der Waals surface area contributed by atoms with Gasteiger partial charge in [0.25, 0.3) is 0 Å². The first-order valence-corrected chi connectivity index (χ1v) is 13.4. The van der Waals surface area contributed by atoms with Gasteiger partial charge in [-0.15, -0.1) is 0 Å².